The van der Waals surface area contributed by atoms with E-state index in [1.807, 2.05) is 0 Å². The molecule has 0 saturated heterocycles. The summed E-state index contributed by atoms with van der Waals surface area (Å²) < 4.78 is 9.50. The van der Waals surface area contributed by atoms with Gasteiger partial charge in [-0.2, -0.15) is 0 Å². The number of carbonyl (C=O) groups is 2. The Hall–Kier alpha value is -1.67. The fraction of sp³-hybridized carbons (Fsp3) is 0.727. The van der Waals surface area contributed by atoms with Crippen LogP contribution in [0, 0.1) is 0 Å². The van der Waals surface area contributed by atoms with Gasteiger partial charge in [-0.25, -0.2) is 0 Å². The van der Waals surface area contributed by atoms with Crippen LogP contribution in [0.3, 0.4) is 0 Å². The van der Waals surface area contributed by atoms with Crippen LogP contribution in [0.15, 0.2) is 5.16 Å². The molecule has 0 aromatic heterocycles. The smallest absolute Gasteiger partial charge is 0.303 e. The van der Waals surface area contributed by atoms with Crippen molar-refractivity contribution in [3.8, 4) is 0 Å². The van der Waals surface area contributed by atoms with Gasteiger partial charge >= 0.3 is 11.9 Å². The highest BCUT2D eigenvalue weighted by Gasteiger charge is 2.34. The largest absolute Gasteiger partial charge is 0.462 e. The van der Waals surface area contributed by atoms with Crippen molar-refractivity contribution in [2.45, 2.75) is 38.6 Å². The molecule has 1 rings (SSSR count). The van der Waals surface area contributed by atoms with E-state index < -0.39 is 30.3 Å². The highest BCUT2D eigenvalue weighted by atomic mass is 16.6. The second-order valence-electron chi connectivity index (χ2n) is 4.05. The Morgan fingerprint density at radius 3 is 2.53 bits per heavy atom. The molecule has 0 saturated carbocycles. The Morgan fingerprint density at radius 2 is 2.05 bits per heavy atom. The maximum Gasteiger partial charge on any atom is 0.303 e. The quantitative estimate of drug-likeness (QED) is 0.596. The van der Waals surface area contributed by atoms with Crippen molar-refractivity contribution < 1.29 is 34.1 Å². The van der Waals surface area contributed by atoms with Crippen LogP contribution in [0.5, 0.6) is 0 Å². The van der Waals surface area contributed by atoms with Gasteiger partial charge in [-0.05, 0) is 0 Å². The number of hydrogen-bond acceptors (Lipinski definition) is 8. The van der Waals surface area contributed by atoms with E-state index >= 15 is 0 Å². The van der Waals surface area contributed by atoms with Crippen molar-refractivity contribution in [2.24, 2.45) is 5.16 Å². The van der Waals surface area contributed by atoms with Crippen LogP contribution in [0.2, 0.25) is 0 Å². The first kappa shape index (κ1) is 15.4. The second kappa shape index (κ2) is 7.05. The fourth-order valence-corrected chi connectivity index (χ4v) is 1.54. The summed E-state index contributed by atoms with van der Waals surface area (Å²) in [5, 5.41) is 23.4. The van der Waals surface area contributed by atoms with Crippen LogP contribution in [0.4, 0.5) is 0 Å². The lowest BCUT2D eigenvalue weighted by Gasteiger charge is -2.25. The molecule has 0 bridgehead atoms. The number of oxime groups is 1. The van der Waals surface area contributed by atoms with E-state index in [0.29, 0.717) is 13.0 Å². The summed E-state index contributed by atoms with van der Waals surface area (Å²) in [6.07, 6.45) is -3.59. The molecule has 1 heterocycles. The Morgan fingerprint density at radius 1 is 1.37 bits per heavy atom. The summed E-state index contributed by atoms with van der Waals surface area (Å²) >= 11 is 0. The van der Waals surface area contributed by atoms with Crippen LogP contribution in [-0.4, -0.2) is 59.4 Å². The first-order valence-electron chi connectivity index (χ1n) is 5.77. The third kappa shape index (κ3) is 4.84. The zero-order valence-corrected chi connectivity index (χ0v) is 10.7. The van der Waals surface area contributed by atoms with Gasteiger partial charge in [-0.1, -0.05) is 5.16 Å². The van der Waals surface area contributed by atoms with E-state index in [1.165, 1.54) is 6.92 Å². The molecule has 8 heteroatoms. The first-order valence-corrected chi connectivity index (χ1v) is 5.77. The molecule has 1 aliphatic heterocycles. The Balaban J connectivity index is 2.65. The zero-order chi connectivity index (χ0) is 14.4. The molecule has 3 atom stereocenters. The van der Waals surface area contributed by atoms with Crippen LogP contribution < -0.4 is 0 Å². The molecule has 0 amide bonds. The van der Waals surface area contributed by atoms with Crippen LogP contribution >= 0.6 is 0 Å². The molecule has 8 nitrogen and oxygen atoms in total. The predicted molar refractivity (Wildman–Crippen MR) is 62.2 cm³/mol. The Labute approximate surface area is 109 Å². The molecular formula is C11H17NO7. The van der Waals surface area contributed by atoms with Crippen molar-refractivity contribution in [2.75, 3.05) is 13.2 Å². The number of ether oxygens (including phenoxy) is 2. The minimum absolute atomic E-state index is 0.257. The van der Waals surface area contributed by atoms with Crippen molar-refractivity contribution in [3.63, 3.8) is 0 Å². The standard InChI is InChI=1S/C11H17NO7/c1-6(13)17-5-9(19-7(2)14)11(16)10(15)8-3-4-18-12-8/h9-11,15-16H,3-5H2,1-2H3/t9-,10+,11+/m1/s1. The summed E-state index contributed by atoms with van der Waals surface area (Å²) in [6.45, 7) is 2.31. The number of hydrogen-bond donors (Lipinski definition) is 2. The van der Waals surface area contributed by atoms with Gasteiger partial charge in [-0.15, -0.1) is 0 Å². The first-order chi connectivity index (χ1) is 8.91. The summed E-state index contributed by atoms with van der Waals surface area (Å²) in [7, 11) is 0. The van der Waals surface area contributed by atoms with Crippen molar-refractivity contribution in [1.82, 2.24) is 0 Å². The summed E-state index contributed by atoms with van der Waals surface area (Å²) in [6, 6.07) is 0. The van der Waals surface area contributed by atoms with Gasteiger partial charge in [0.15, 0.2) is 6.10 Å². The van der Waals surface area contributed by atoms with Gasteiger partial charge in [0, 0.05) is 20.3 Å². The average molecular weight is 275 g/mol. The number of carbonyl (C=O) groups excluding carboxylic acids is 2. The van der Waals surface area contributed by atoms with E-state index in [-0.39, 0.29) is 12.3 Å². The monoisotopic (exact) mass is 275 g/mol. The van der Waals surface area contributed by atoms with Crippen molar-refractivity contribution in [1.29, 1.82) is 0 Å². The van der Waals surface area contributed by atoms with Crippen molar-refractivity contribution >= 4 is 17.7 Å². The minimum atomic E-state index is -1.45. The minimum Gasteiger partial charge on any atom is -0.462 e. The summed E-state index contributed by atoms with van der Waals surface area (Å²) in [4.78, 5) is 26.4. The number of aliphatic hydroxyl groups excluding tert-OH is 2. The lowest BCUT2D eigenvalue weighted by molar-refractivity contribution is -0.166. The van der Waals surface area contributed by atoms with E-state index in [4.69, 9.17) is 9.57 Å². The number of esters is 2. The summed E-state index contributed by atoms with van der Waals surface area (Å²) in [5.41, 5.74) is 0.257. The van der Waals surface area contributed by atoms with Crippen LogP contribution in [0.1, 0.15) is 20.3 Å². The van der Waals surface area contributed by atoms with E-state index in [9.17, 15) is 19.8 Å². The number of aliphatic hydroxyl groups is 2. The van der Waals surface area contributed by atoms with Gasteiger partial charge < -0.3 is 24.5 Å². The SMILES string of the molecule is CC(=O)OC[C@@H](OC(C)=O)[C@H](O)[C@@H](O)C1=NOCC1. The maximum atomic E-state index is 10.9. The summed E-state index contributed by atoms with van der Waals surface area (Å²) in [5.74, 6) is -1.24. The molecule has 19 heavy (non-hydrogen) atoms. The molecule has 0 aromatic carbocycles. The number of nitrogens with zero attached hydrogens (tertiary/aromatic N) is 1. The molecule has 1 aliphatic rings. The highest BCUT2D eigenvalue weighted by Crippen LogP contribution is 2.13. The Kier molecular flexibility index (Phi) is 5.71. The van der Waals surface area contributed by atoms with Gasteiger partial charge in [0.25, 0.3) is 0 Å². The van der Waals surface area contributed by atoms with Gasteiger partial charge in [0.2, 0.25) is 0 Å². The van der Waals surface area contributed by atoms with E-state index in [0.717, 1.165) is 6.92 Å². The molecule has 2 N–H and O–H groups in total. The molecule has 0 aromatic rings. The molecule has 108 valence electrons. The predicted octanol–water partition coefficient (Wildman–Crippen LogP) is -1.02. The Bertz CT molecular complexity index is 368. The highest BCUT2D eigenvalue weighted by molar-refractivity contribution is 5.89. The lowest BCUT2D eigenvalue weighted by atomic mass is 10.0. The molecular weight excluding hydrogens is 258 g/mol. The normalized spacial score (nSPS) is 18.8. The molecule has 0 spiro atoms. The van der Waals surface area contributed by atoms with Gasteiger partial charge in [-0.3, -0.25) is 9.59 Å². The van der Waals surface area contributed by atoms with Gasteiger partial charge in [0.1, 0.15) is 25.4 Å². The zero-order valence-electron chi connectivity index (χ0n) is 10.7. The van der Waals surface area contributed by atoms with E-state index in [1.54, 1.807) is 0 Å². The fourth-order valence-electron chi connectivity index (χ4n) is 1.54. The van der Waals surface area contributed by atoms with Gasteiger partial charge in [0.05, 0.1) is 5.71 Å². The molecule has 0 radical (unpaired) electrons. The number of rotatable bonds is 6. The topological polar surface area (TPSA) is 115 Å². The van der Waals surface area contributed by atoms with Crippen LogP contribution in [0.25, 0.3) is 0 Å². The third-order valence-corrected chi connectivity index (χ3v) is 2.45. The van der Waals surface area contributed by atoms with Crippen molar-refractivity contribution in [3.05, 3.63) is 0 Å². The van der Waals surface area contributed by atoms with E-state index in [2.05, 4.69) is 9.89 Å². The third-order valence-electron chi connectivity index (χ3n) is 2.45. The lowest BCUT2D eigenvalue weighted by Crippen LogP contribution is -2.46. The second-order valence-corrected chi connectivity index (χ2v) is 4.05. The van der Waals surface area contributed by atoms with Crippen LogP contribution in [-0.2, 0) is 23.9 Å². The molecule has 0 unspecified atom stereocenters. The maximum absolute atomic E-state index is 10.9. The average Bonchev–Trinajstić information content (AvgIpc) is 2.85. The molecule has 0 fully saturated rings. The molecule has 0 aliphatic carbocycles.